The Hall–Kier alpha value is -1.91. The molecule has 1 unspecified atom stereocenters. The average Bonchev–Trinajstić information content (AvgIpc) is 3.27. The molecule has 1 atom stereocenters. The first-order valence-electron chi connectivity index (χ1n) is 8.61. The quantitative estimate of drug-likeness (QED) is 0.628. The Morgan fingerprint density at radius 2 is 2.00 bits per heavy atom. The van der Waals surface area contributed by atoms with Crippen molar-refractivity contribution >= 4 is 39.1 Å². The number of nitrogens with zero attached hydrogens (tertiary/aromatic N) is 2. The van der Waals surface area contributed by atoms with Gasteiger partial charge in [-0.05, 0) is 43.0 Å². The molecule has 1 saturated heterocycles. The molecule has 1 aliphatic rings. The van der Waals surface area contributed by atoms with Crippen molar-refractivity contribution in [3.8, 4) is 0 Å². The van der Waals surface area contributed by atoms with E-state index in [0.29, 0.717) is 12.8 Å². The fourth-order valence-electron chi connectivity index (χ4n) is 3.44. The van der Waals surface area contributed by atoms with Crippen molar-refractivity contribution in [3.63, 3.8) is 0 Å². The molecule has 3 nitrogen and oxygen atoms in total. The predicted molar refractivity (Wildman–Crippen MR) is 103 cm³/mol. The van der Waals surface area contributed by atoms with E-state index < -0.39 is 0 Å². The van der Waals surface area contributed by atoms with E-state index in [1.165, 1.54) is 4.70 Å². The summed E-state index contributed by atoms with van der Waals surface area (Å²) < 4.78 is 1.19. The second-order valence-corrected chi connectivity index (χ2v) is 7.83. The molecule has 0 radical (unpaired) electrons. The molecule has 1 amide bonds. The standard InChI is InChI=1S/C20H19ClN2OS/c21-15-7-2-1-6-14(15)11-12-19(24)23-13-5-9-17(23)20-22-16-8-3-4-10-18(16)25-20/h1-4,6-8,10,17H,5,9,11-13H2. The number of likely N-dealkylation sites (tertiary alicyclic amines) is 1. The van der Waals surface area contributed by atoms with Crippen LogP contribution in [0.2, 0.25) is 5.02 Å². The number of carbonyl (C=O) groups excluding carboxylic acids is 1. The highest BCUT2D eigenvalue weighted by Crippen LogP contribution is 2.36. The number of halogens is 1. The third kappa shape index (κ3) is 3.42. The number of aryl methyl sites for hydroxylation is 1. The number of carbonyl (C=O) groups is 1. The molecule has 2 heterocycles. The van der Waals surface area contributed by atoms with Gasteiger partial charge in [-0.25, -0.2) is 4.98 Å². The monoisotopic (exact) mass is 370 g/mol. The maximum atomic E-state index is 12.8. The van der Waals surface area contributed by atoms with Gasteiger partial charge < -0.3 is 4.90 Å². The molecular formula is C20H19ClN2OS. The summed E-state index contributed by atoms with van der Waals surface area (Å²) in [5.74, 6) is 0.196. The van der Waals surface area contributed by atoms with Crippen LogP contribution in [-0.4, -0.2) is 22.3 Å². The zero-order chi connectivity index (χ0) is 17.2. The topological polar surface area (TPSA) is 33.2 Å². The molecule has 25 heavy (non-hydrogen) atoms. The molecule has 4 rings (SSSR count). The van der Waals surface area contributed by atoms with Gasteiger partial charge in [0.2, 0.25) is 5.91 Å². The lowest BCUT2D eigenvalue weighted by Gasteiger charge is -2.23. The van der Waals surface area contributed by atoms with Crippen LogP contribution in [0.25, 0.3) is 10.2 Å². The fourth-order valence-corrected chi connectivity index (χ4v) is 4.79. The number of rotatable bonds is 4. The van der Waals surface area contributed by atoms with Gasteiger partial charge in [-0.2, -0.15) is 0 Å². The Balaban J connectivity index is 1.49. The van der Waals surface area contributed by atoms with E-state index in [2.05, 4.69) is 6.07 Å². The minimum absolute atomic E-state index is 0.121. The summed E-state index contributed by atoms with van der Waals surface area (Å²) >= 11 is 7.91. The van der Waals surface area contributed by atoms with Crippen LogP contribution in [0.15, 0.2) is 48.5 Å². The van der Waals surface area contributed by atoms with Crippen LogP contribution in [-0.2, 0) is 11.2 Å². The highest BCUT2D eigenvalue weighted by Gasteiger charge is 2.31. The highest BCUT2D eigenvalue weighted by molar-refractivity contribution is 7.18. The first-order valence-corrected chi connectivity index (χ1v) is 9.80. The zero-order valence-electron chi connectivity index (χ0n) is 13.8. The molecule has 3 aromatic rings. The van der Waals surface area contributed by atoms with Crippen LogP contribution in [0.1, 0.15) is 35.9 Å². The second kappa shape index (κ2) is 7.14. The molecule has 0 spiro atoms. The van der Waals surface area contributed by atoms with Gasteiger partial charge in [0, 0.05) is 18.0 Å². The number of hydrogen-bond donors (Lipinski definition) is 0. The van der Waals surface area contributed by atoms with Gasteiger partial charge >= 0.3 is 0 Å². The van der Waals surface area contributed by atoms with Crippen LogP contribution < -0.4 is 0 Å². The normalized spacial score (nSPS) is 17.3. The summed E-state index contributed by atoms with van der Waals surface area (Å²) in [6.07, 6.45) is 3.21. The van der Waals surface area contributed by atoms with Crippen LogP contribution in [0.5, 0.6) is 0 Å². The van der Waals surface area contributed by atoms with E-state index in [1.807, 2.05) is 47.4 Å². The lowest BCUT2D eigenvalue weighted by molar-refractivity contribution is -0.132. The predicted octanol–water partition coefficient (Wildman–Crippen LogP) is 5.25. The second-order valence-electron chi connectivity index (χ2n) is 6.36. The Kier molecular flexibility index (Phi) is 4.73. The van der Waals surface area contributed by atoms with Crippen molar-refractivity contribution < 1.29 is 4.79 Å². The Morgan fingerprint density at radius 3 is 2.84 bits per heavy atom. The van der Waals surface area contributed by atoms with Gasteiger partial charge in [-0.3, -0.25) is 4.79 Å². The number of thiazole rings is 1. The van der Waals surface area contributed by atoms with Crippen LogP contribution >= 0.6 is 22.9 Å². The minimum atomic E-state index is 0.121. The van der Waals surface area contributed by atoms with Crippen LogP contribution in [0, 0.1) is 0 Å². The highest BCUT2D eigenvalue weighted by atomic mass is 35.5. The molecule has 0 aliphatic carbocycles. The summed E-state index contributed by atoms with van der Waals surface area (Å²) in [6.45, 7) is 0.821. The van der Waals surface area contributed by atoms with E-state index in [4.69, 9.17) is 16.6 Å². The number of para-hydroxylation sites is 1. The summed E-state index contributed by atoms with van der Waals surface area (Å²) in [6, 6.07) is 16.0. The molecule has 2 aromatic carbocycles. The SMILES string of the molecule is O=C(CCc1ccccc1Cl)N1CCCC1c1nc2ccccc2s1. The lowest BCUT2D eigenvalue weighted by atomic mass is 10.1. The molecular weight excluding hydrogens is 352 g/mol. The third-order valence-electron chi connectivity index (χ3n) is 4.73. The zero-order valence-corrected chi connectivity index (χ0v) is 15.4. The van der Waals surface area contributed by atoms with Crippen molar-refractivity contribution in [2.45, 2.75) is 31.7 Å². The molecule has 0 saturated carbocycles. The van der Waals surface area contributed by atoms with Crippen molar-refractivity contribution in [3.05, 3.63) is 64.1 Å². The van der Waals surface area contributed by atoms with E-state index in [9.17, 15) is 4.79 Å². The van der Waals surface area contributed by atoms with E-state index in [0.717, 1.165) is 40.5 Å². The van der Waals surface area contributed by atoms with Gasteiger partial charge in [0.1, 0.15) is 5.01 Å². The van der Waals surface area contributed by atoms with Crippen molar-refractivity contribution in [1.29, 1.82) is 0 Å². The molecule has 1 fully saturated rings. The van der Waals surface area contributed by atoms with Gasteiger partial charge in [-0.1, -0.05) is 41.9 Å². The molecule has 0 N–H and O–H groups in total. The van der Waals surface area contributed by atoms with Crippen molar-refractivity contribution in [2.24, 2.45) is 0 Å². The lowest BCUT2D eigenvalue weighted by Crippen LogP contribution is -2.30. The molecule has 0 bridgehead atoms. The summed E-state index contributed by atoms with van der Waals surface area (Å²) in [5, 5.41) is 1.80. The first kappa shape index (κ1) is 16.6. The van der Waals surface area contributed by atoms with Gasteiger partial charge in [0.15, 0.2) is 0 Å². The minimum Gasteiger partial charge on any atom is -0.333 e. The maximum Gasteiger partial charge on any atom is 0.223 e. The van der Waals surface area contributed by atoms with Crippen LogP contribution in [0.4, 0.5) is 0 Å². The van der Waals surface area contributed by atoms with E-state index in [1.54, 1.807) is 11.3 Å². The number of benzene rings is 2. The van der Waals surface area contributed by atoms with E-state index >= 15 is 0 Å². The summed E-state index contributed by atoms with van der Waals surface area (Å²) in [5.41, 5.74) is 2.06. The summed E-state index contributed by atoms with van der Waals surface area (Å²) in [7, 11) is 0. The Bertz CT molecular complexity index is 874. The van der Waals surface area contributed by atoms with Crippen molar-refractivity contribution in [2.75, 3.05) is 6.54 Å². The number of amides is 1. The molecule has 5 heteroatoms. The largest absolute Gasteiger partial charge is 0.333 e. The van der Waals surface area contributed by atoms with Gasteiger partial charge in [0.25, 0.3) is 0 Å². The molecule has 1 aromatic heterocycles. The summed E-state index contributed by atoms with van der Waals surface area (Å²) in [4.78, 5) is 19.6. The van der Waals surface area contributed by atoms with Gasteiger partial charge in [-0.15, -0.1) is 11.3 Å². The van der Waals surface area contributed by atoms with Crippen molar-refractivity contribution in [1.82, 2.24) is 9.88 Å². The Morgan fingerprint density at radius 1 is 1.20 bits per heavy atom. The van der Waals surface area contributed by atoms with E-state index in [-0.39, 0.29) is 11.9 Å². The molecule has 1 aliphatic heterocycles. The number of fused-ring (bicyclic) bond motifs is 1. The maximum absolute atomic E-state index is 12.8. The molecule has 128 valence electrons. The first-order chi connectivity index (χ1) is 12.2. The van der Waals surface area contributed by atoms with Crippen LogP contribution in [0.3, 0.4) is 0 Å². The number of aromatic nitrogens is 1. The van der Waals surface area contributed by atoms with Gasteiger partial charge in [0.05, 0.1) is 16.3 Å². The average molecular weight is 371 g/mol. The Labute approximate surface area is 156 Å². The fraction of sp³-hybridized carbons (Fsp3) is 0.300. The third-order valence-corrected chi connectivity index (χ3v) is 6.24. The number of hydrogen-bond acceptors (Lipinski definition) is 3. The smallest absolute Gasteiger partial charge is 0.223 e.